The zero-order valence-corrected chi connectivity index (χ0v) is 48.7. The van der Waals surface area contributed by atoms with Gasteiger partial charge in [-0.15, -0.1) is 0 Å². The lowest BCUT2D eigenvalue weighted by atomic mass is 10.0. The van der Waals surface area contributed by atoms with Crippen LogP contribution in [-0.4, -0.2) is 37.2 Å². The summed E-state index contributed by atoms with van der Waals surface area (Å²) in [6.07, 6.45) is 78.0. The van der Waals surface area contributed by atoms with E-state index in [4.69, 9.17) is 14.2 Å². The van der Waals surface area contributed by atoms with Crippen molar-refractivity contribution in [3.63, 3.8) is 0 Å². The number of carbonyl (C=O) groups excluding carboxylic acids is 3. The number of rotatable bonds is 58. The van der Waals surface area contributed by atoms with Crippen molar-refractivity contribution in [3.05, 3.63) is 60.8 Å². The van der Waals surface area contributed by atoms with Crippen LogP contribution in [0.1, 0.15) is 329 Å². The Kier molecular flexibility index (Phi) is 59.2. The first kappa shape index (κ1) is 70.1. The van der Waals surface area contributed by atoms with Crippen LogP contribution in [0.5, 0.6) is 0 Å². The van der Waals surface area contributed by atoms with Gasteiger partial charge in [0.1, 0.15) is 13.2 Å². The van der Waals surface area contributed by atoms with E-state index < -0.39 is 6.10 Å². The average molecular weight is 1020 g/mol. The van der Waals surface area contributed by atoms with Crippen molar-refractivity contribution in [2.24, 2.45) is 0 Å². The van der Waals surface area contributed by atoms with E-state index in [-0.39, 0.29) is 31.1 Å². The van der Waals surface area contributed by atoms with Crippen LogP contribution >= 0.6 is 0 Å². The largest absolute Gasteiger partial charge is 0.462 e. The third kappa shape index (κ3) is 59.9. The molecule has 6 nitrogen and oxygen atoms in total. The lowest BCUT2D eigenvalue weighted by Crippen LogP contribution is -2.30. The summed E-state index contributed by atoms with van der Waals surface area (Å²) < 4.78 is 16.9. The van der Waals surface area contributed by atoms with Crippen molar-refractivity contribution in [2.75, 3.05) is 13.2 Å². The van der Waals surface area contributed by atoms with Crippen molar-refractivity contribution in [2.45, 2.75) is 335 Å². The Morgan fingerprint density at radius 1 is 0.274 bits per heavy atom. The number of esters is 3. The predicted octanol–water partition coefficient (Wildman–Crippen LogP) is 21.6. The Bertz CT molecular complexity index is 1310. The SMILES string of the molecule is CCC/C=C\C/C=C\CCCCCCCC(=O)OCC(COC(=O)CCCCCCCCCCCCCCCCC/C=C\C/C=C\CCCCCCC)OC(=O)CCCCCCC/C=C\CCCCCCCC. The molecule has 73 heavy (non-hydrogen) atoms. The number of hydrogen-bond acceptors (Lipinski definition) is 6. The summed E-state index contributed by atoms with van der Waals surface area (Å²) in [6.45, 7) is 6.58. The predicted molar refractivity (Wildman–Crippen MR) is 316 cm³/mol. The average Bonchev–Trinajstić information content (AvgIpc) is 3.39. The Hall–Kier alpha value is -2.89. The number of ether oxygens (including phenoxy) is 3. The first-order valence-corrected chi connectivity index (χ1v) is 31.8. The first-order valence-electron chi connectivity index (χ1n) is 31.8. The smallest absolute Gasteiger partial charge is 0.306 e. The molecule has 0 bridgehead atoms. The summed E-state index contributed by atoms with van der Waals surface area (Å²) in [4.78, 5) is 38.2. The molecule has 1 unspecified atom stereocenters. The molecular weight excluding hydrogens is 901 g/mol. The fraction of sp³-hybridized carbons (Fsp3) is 0.806. The minimum absolute atomic E-state index is 0.0800. The Labute approximate surface area is 453 Å². The fourth-order valence-electron chi connectivity index (χ4n) is 9.15. The van der Waals surface area contributed by atoms with Crippen LogP contribution in [0.4, 0.5) is 0 Å². The molecule has 0 aromatic rings. The highest BCUT2D eigenvalue weighted by Gasteiger charge is 2.19. The molecule has 0 N–H and O–H groups in total. The molecule has 0 amide bonds. The van der Waals surface area contributed by atoms with Crippen LogP contribution < -0.4 is 0 Å². The zero-order valence-electron chi connectivity index (χ0n) is 48.7. The van der Waals surface area contributed by atoms with Crippen molar-refractivity contribution in [3.8, 4) is 0 Å². The molecule has 6 heteroatoms. The van der Waals surface area contributed by atoms with Crippen LogP contribution in [0.2, 0.25) is 0 Å². The van der Waals surface area contributed by atoms with Crippen LogP contribution in [0.15, 0.2) is 60.8 Å². The van der Waals surface area contributed by atoms with Gasteiger partial charge in [-0.3, -0.25) is 14.4 Å². The van der Waals surface area contributed by atoms with Crippen LogP contribution in [-0.2, 0) is 28.6 Å². The van der Waals surface area contributed by atoms with Crippen LogP contribution in [0.3, 0.4) is 0 Å². The number of allylic oxidation sites excluding steroid dienone is 10. The maximum Gasteiger partial charge on any atom is 0.306 e. The second-order valence-electron chi connectivity index (χ2n) is 21.3. The van der Waals surface area contributed by atoms with Gasteiger partial charge in [0.25, 0.3) is 0 Å². The van der Waals surface area contributed by atoms with Crippen molar-refractivity contribution in [1.29, 1.82) is 0 Å². The monoisotopic (exact) mass is 1020 g/mol. The molecule has 0 saturated carbocycles. The molecule has 0 spiro atoms. The van der Waals surface area contributed by atoms with Crippen LogP contribution in [0, 0.1) is 0 Å². The second-order valence-corrected chi connectivity index (χ2v) is 21.3. The maximum absolute atomic E-state index is 12.9. The number of unbranched alkanes of at least 4 members (excludes halogenated alkanes) is 37. The van der Waals surface area contributed by atoms with Gasteiger partial charge in [0, 0.05) is 19.3 Å². The van der Waals surface area contributed by atoms with Crippen molar-refractivity contribution < 1.29 is 28.6 Å². The molecule has 1 atom stereocenters. The summed E-state index contributed by atoms with van der Waals surface area (Å²) in [5, 5.41) is 0. The molecule has 0 aliphatic rings. The Balaban J connectivity index is 4.23. The van der Waals surface area contributed by atoms with Gasteiger partial charge < -0.3 is 14.2 Å². The highest BCUT2D eigenvalue weighted by Crippen LogP contribution is 2.16. The minimum Gasteiger partial charge on any atom is -0.462 e. The fourth-order valence-corrected chi connectivity index (χ4v) is 9.15. The second kappa shape index (κ2) is 61.7. The maximum atomic E-state index is 12.9. The van der Waals surface area contributed by atoms with E-state index in [9.17, 15) is 14.4 Å². The number of hydrogen-bond donors (Lipinski definition) is 0. The van der Waals surface area contributed by atoms with Gasteiger partial charge >= 0.3 is 17.9 Å². The van der Waals surface area contributed by atoms with E-state index in [0.717, 1.165) is 103 Å². The Morgan fingerprint density at radius 2 is 0.521 bits per heavy atom. The molecule has 0 rings (SSSR count). The number of carbonyl (C=O) groups is 3. The molecule has 0 fully saturated rings. The molecule has 424 valence electrons. The Morgan fingerprint density at radius 3 is 0.822 bits per heavy atom. The zero-order chi connectivity index (χ0) is 52.9. The van der Waals surface area contributed by atoms with Crippen molar-refractivity contribution in [1.82, 2.24) is 0 Å². The third-order valence-corrected chi connectivity index (χ3v) is 13.9. The summed E-state index contributed by atoms with van der Waals surface area (Å²) in [5.41, 5.74) is 0. The quantitative estimate of drug-likeness (QED) is 0.0261. The topological polar surface area (TPSA) is 78.9 Å². The van der Waals surface area contributed by atoms with E-state index in [1.807, 2.05) is 0 Å². The molecular formula is C67H120O6. The molecule has 0 heterocycles. The normalized spacial score (nSPS) is 12.4. The molecule has 0 saturated heterocycles. The summed E-state index contributed by atoms with van der Waals surface area (Å²) in [7, 11) is 0. The molecule has 0 aliphatic heterocycles. The standard InChI is InChI=1S/C67H120O6/c1-4-7-10-13-16-19-22-25-27-28-29-30-31-32-33-34-35-36-37-38-40-42-45-48-51-54-57-60-66(69)72-63-64(62-71-65(68)59-56-53-50-47-44-41-24-21-18-15-12-9-6-3)73-67(70)61-58-55-52-49-46-43-39-26-23-20-17-14-11-8-5-2/h12,15,21-22,24-26,28-29,39,64H,4-11,13-14,16-20,23,27,30-38,40-63H2,1-3H3/b15-12-,24-21-,25-22-,29-28-,39-26-. The van der Waals surface area contributed by atoms with E-state index >= 15 is 0 Å². The van der Waals surface area contributed by atoms with E-state index in [1.165, 1.54) is 186 Å². The van der Waals surface area contributed by atoms with Gasteiger partial charge in [-0.1, -0.05) is 268 Å². The summed E-state index contributed by atoms with van der Waals surface area (Å²) >= 11 is 0. The minimum atomic E-state index is -0.784. The molecule has 0 radical (unpaired) electrons. The third-order valence-electron chi connectivity index (χ3n) is 13.9. The highest BCUT2D eigenvalue weighted by molar-refractivity contribution is 5.71. The van der Waals surface area contributed by atoms with Gasteiger partial charge in [-0.05, 0) is 103 Å². The summed E-state index contributed by atoms with van der Waals surface area (Å²) in [6, 6.07) is 0. The molecule has 0 aliphatic carbocycles. The van der Waals surface area contributed by atoms with E-state index in [2.05, 4.69) is 81.5 Å². The van der Waals surface area contributed by atoms with E-state index in [1.54, 1.807) is 0 Å². The van der Waals surface area contributed by atoms with Gasteiger partial charge in [-0.2, -0.15) is 0 Å². The van der Waals surface area contributed by atoms with Gasteiger partial charge in [0.05, 0.1) is 0 Å². The summed E-state index contributed by atoms with van der Waals surface area (Å²) in [5.74, 6) is -0.889. The first-order chi connectivity index (χ1) is 36.0. The van der Waals surface area contributed by atoms with Crippen LogP contribution in [0.25, 0.3) is 0 Å². The lowest BCUT2D eigenvalue weighted by molar-refractivity contribution is -0.167. The lowest BCUT2D eigenvalue weighted by Gasteiger charge is -2.18. The van der Waals surface area contributed by atoms with Gasteiger partial charge in [-0.25, -0.2) is 0 Å². The van der Waals surface area contributed by atoms with Crippen molar-refractivity contribution >= 4 is 17.9 Å². The highest BCUT2D eigenvalue weighted by atomic mass is 16.6. The van der Waals surface area contributed by atoms with Gasteiger partial charge in [0.2, 0.25) is 0 Å². The van der Waals surface area contributed by atoms with Gasteiger partial charge in [0.15, 0.2) is 6.10 Å². The van der Waals surface area contributed by atoms with E-state index in [0.29, 0.717) is 19.3 Å². The molecule has 0 aromatic heterocycles. The molecule has 0 aromatic carbocycles.